The summed E-state index contributed by atoms with van der Waals surface area (Å²) in [7, 11) is 0. The molecule has 0 unspecified atom stereocenters. The van der Waals surface area contributed by atoms with Crippen LogP contribution < -0.4 is 0 Å². The van der Waals surface area contributed by atoms with E-state index in [2.05, 4.69) is 10.2 Å². The summed E-state index contributed by atoms with van der Waals surface area (Å²) in [6.45, 7) is 5.42. The summed E-state index contributed by atoms with van der Waals surface area (Å²) in [5.74, 6) is -0.474. The molecule has 1 amide bonds. The van der Waals surface area contributed by atoms with Gasteiger partial charge in [0, 0.05) is 19.1 Å². The average molecular weight is 419 g/mol. The van der Waals surface area contributed by atoms with E-state index in [0.717, 1.165) is 5.56 Å². The molecular formula is C23H25N5O3. The van der Waals surface area contributed by atoms with Crippen molar-refractivity contribution in [2.45, 2.75) is 26.3 Å². The molecule has 0 bridgehead atoms. The quantitative estimate of drug-likeness (QED) is 0.647. The Morgan fingerprint density at radius 2 is 1.74 bits per heavy atom. The second-order valence-electron chi connectivity index (χ2n) is 7.65. The SMILES string of the molecule is Cc1ccc(-n2nccn2)c(C(=O)N2CCN(OC(=O)c3ccccc3)CC[C@H]2C)c1. The molecule has 1 aliphatic rings. The third-order valence-electron chi connectivity index (χ3n) is 5.42. The normalized spacial score (nSPS) is 17.2. The second-order valence-corrected chi connectivity index (χ2v) is 7.65. The molecule has 1 fully saturated rings. The maximum Gasteiger partial charge on any atom is 0.357 e. The topological polar surface area (TPSA) is 80.6 Å². The number of benzene rings is 2. The third-order valence-corrected chi connectivity index (χ3v) is 5.42. The van der Waals surface area contributed by atoms with Crippen LogP contribution in [0.5, 0.6) is 0 Å². The lowest BCUT2D eigenvalue weighted by Gasteiger charge is -2.27. The molecule has 1 aromatic heterocycles. The summed E-state index contributed by atoms with van der Waals surface area (Å²) in [6.07, 6.45) is 3.86. The van der Waals surface area contributed by atoms with Crippen molar-refractivity contribution in [2.24, 2.45) is 0 Å². The van der Waals surface area contributed by atoms with E-state index < -0.39 is 5.97 Å². The Morgan fingerprint density at radius 1 is 1.00 bits per heavy atom. The molecule has 1 saturated heterocycles. The standard InChI is InChI=1S/C23H25N5O3/c1-17-8-9-21(28-24-11-12-25-28)20(16-17)22(29)27-15-14-26(13-10-18(27)2)31-23(30)19-6-4-3-5-7-19/h3-9,11-12,16,18H,10,13-15H2,1-2H3/t18-/m1/s1. The largest absolute Gasteiger partial charge is 0.364 e. The summed E-state index contributed by atoms with van der Waals surface area (Å²) in [4.78, 5) is 34.8. The predicted octanol–water partition coefficient (Wildman–Crippen LogP) is 2.88. The highest BCUT2D eigenvalue weighted by Gasteiger charge is 2.29. The first-order valence-electron chi connectivity index (χ1n) is 10.3. The van der Waals surface area contributed by atoms with E-state index >= 15 is 0 Å². The Bertz CT molecular complexity index is 1050. The van der Waals surface area contributed by atoms with Gasteiger partial charge in [-0.25, -0.2) is 4.79 Å². The maximum atomic E-state index is 13.5. The molecule has 0 aliphatic carbocycles. The van der Waals surface area contributed by atoms with Crippen molar-refractivity contribution >= 4 is 11.9 Å². The highest BCUT2D eigenvalue weighted by atomic mass is 16.7. The smallest absolute Gasteiger partial charge is 0.357 e. The summed E-state index contributed by atoms with van der Waals surface area (Å²) in [5.41, 5.74) is 2.69. The number of rotatable bonds is 4. The molecule has 160 valence electrons. The van der Waals surface area contributed by atoms with E-state index in [4.69, 9.17) is 4.84 Å². The molecule has 0 saturated carbocycles. The van der Waals surface area contributed by atoms with Gasteiger partial charge in [-0.15, -0.1) is 5.06 Å². The van der Waals surface area contributed by atoms with Crippen molar-refractivity contribution in [3.63, 3.8) is 0 Å². The predicted molar refractivity (Wildman–Crippen MR) is 115 cm³/mol. The Hall–Kier alpha value is -3.52. The van der Waals surface area contributed by atoms with Gasteiger partial charge in [-0.1, -0.05) is 29.8 Å². The molecule has 0 radical (unpaired) electrons. The van der Waals surface area contributed by atoms with Crippen LogP contribution in [0.3, 0.4) is 0 Å². The van der Waals surface area contributed by atoms with Gasteiger partial charge in [-0.05, 0) is 44.5 Å². The number of hydrogen-bond donors (Lipinski definition) is 0. The molecule has 1 atom stereocenters. The second kappa shape index (κ2) is 9.09. The number of carbonyl (C=O) groups excluding carboxylic acids is 2. The molecule has 8 nitrogen and oxygen atoms in total. The van der Waals surface area contributed by atoms with E-state index in [1.165, 1.54) is 4.80 Å². The monoisotopic (exact) mass is 419 g/mol. The number of nitrogens with zero attached hydrogens (tertiary/aromatic N) is 5. The average Bonchev–Trinajstić information content (AvgIpc) is 3.26. The van der Waals surface area contributed by atoms with E-state index in [-0.39, 0.29) is 11.9 Å². The van der Waals surface area contributed by atoms with Gasteiger partial charge in [-0.2, -0.15) is 15.0 Å². The Kier molecular flexibility index (Phi) is 6.08. The molecular weight excluding hydrogens is 394 g/mol. The van der Waals surface area contributed by atoms with Crippen molar-refractivity contribution < 1.29 is 14.4 Å². The molecule has 2 aromatic carbocycles. The molecule has 31 heavy (non-hydrogen) atoms. The summed E-state index contributed by atoms with van der Waals surface area (Å²) < 4.78 is 0. The van der Waals surface area contributed by atoms with Crippen LogP contribution in [0.1, 0.15) is 39.6 Å². The van der Waals surface area contributed by atoms with Crippen molar-refractivity contribution in [3.8, 4) is 5.69 Å². The van der Waals surface area contributed by atoms with E-state index in [1.54, 1.807) is 41.7 Å². The molecule has 1 aliphatic heterocycles. The van der Waals surface area contributed by atoms with Crippen molar-refractivity contribution in [3.05, 3.63) is 77.6 Å². The van der Waals surface area contributed by atoms with Crippen LogP contribution in [0.2, 0.25) is 0 Å². The first-order chi connectivity index (χ1) is 15.0. The van der Waals surface area contributed by atoms with E-state index in [0.29, 0.717) is 42.9 Å². The minimum absolute atomic E-state index is 0.00753. The Labute approximate surface area is 181 Å². The first-order valence-corrected chi connectivity index (χ1v) is 10.3. The fraction of sp³-hybridized carbons (Fsp3) is 0.304. The third kappa shape index (κ3) is 4.64. The highest BCUT2D eigenvalue weighted by Crippen LogP contribution is 2.21. The van der Waals surface area contributed by atoms with E-state index in [1.807, 2.05) is 43.0 Å². The minimum atomic E-state index is -0.390. The molecule has 4 rings (SSSR count). The Morgan fingerprint density at radius 3 is 2.48 bits per heavy atom. The first kappa shape index (κ1) is 20.7. The highest BCUT2D eigenvalue weighted by molar-refractivity contribution is 5.98. The summed E-state index contributed by atoms with van der Waals surface area (Å²) in [6, 6.07) is 14.6. The maximum absolute atomic E-state index is 13.5. The van der Waals surface area contributed by atoms with Gasteiger partial charge >= 0.3 is 5.97 Å². The van der Waals surface area contributed by atoms with Gasteiger partial charge in [0.25, 0.3) is 5.91 Å². The summed E-state index contributed by atoms with van der Waals surface area (Å²) >= 11 is 0. The number of hydroxylamine groups is 2. The van der Waals surface area contributed by atoms with Crippen LogP contribution in [-0.4, -0.2) is 62.5 Å². The zero-order valence-corrected chi connectivity index (χ0v) is 17.6. The van der Waals surface area contributed by atoms with Crippen LogP contribution in [-0.2, 0) is 4.84 Å². The van der Waals surface area contributed by atoms with Gasteiger partial charge in [0.1, 0.15) is 0 Å². The zero-order chi connectivity index (χ0) is 21.8. The van der Waals surface area contributed by atoms with Crippen LogP contribution in [0.15, 0.2) is 60.9 Å². The summed E-state index contributed by atoms with van der Waals surface area (Å²) in [5, 5.41) is 10.0. The van der Waals surface area contributed by atoms with Gasteiger partial charge in [0.2, 0.25) is 0 Å². The lowest BCUT2D eigenvalue weighted by Crippen LogP contribution is -2.40. The van der Waals surface area contributed by atoms with Crippen LogP contribution in [0, 0.1) is 6.92 Å². The van der Waals surface area contributed by atoms with Gasteiger partial charge < -0.3 is 9.74 Å². The molecule has 0 spiro atoms. The van der Waals surface area contributed by atoms with E-state index in [9.17, 15) is 9.59 Å². The fourth-order valence-electron chi connectivity index (χ4n) is 3.67. The molecule has 3 aromatic rings. The number of aryl methyl sites for hydroxylation is 1. The molecule has 0 N–H and O–H groups in total. The van der Waals surface area contributed by atoms with Gasteiger partial charge in [0.05, 0.1) is 35.8 Å². The number of carbonyl (C=O) groups is 2. The Balaban J connectivity index is 1.50. The number of aromatic nitrogens is 3. The van der Waals surface area contributed by atoms with Crippen LogP contribution in [0.25, 0.3) is 5.69 Å². The molecule has 2 heterocycles. The van der Waals surface area contributed by atoms with Crippen LogP contribution >= 0.6 is 0 Å². The lowest BCUT2D eigenvalue weighted by molar-refractivity contribution is -0.106. The van der Waals surface area contributed by atoms with Crippen LogP contribution in [0.4, 0.5) is 0 Å². The van der Waals surface area contributed by atoms with Gasteiger partial charge in [0.15, 0.2) is 0 Å². The van der Waals surface area contributed by atoms with Crippen molar-refractivity contribution in [1.82, 2.24) is 25.0 Å². The van der Waals surface area contributed by atoms with Crippen molar-refractivity contribution in [2.75, 3.05) is 19.6 Å². The fourth-order valence-corrected chi connectivity index (χ4v) is 3.67. The molecule has 8 heteroatoms. The van der Waals surface area contributed by atoms with Crippen molar-refractivity contribution in [1.29, 1.82) is 0 Å². The van der Waals surface area contributed by atoms with Gasteiger partial charge in [-0.3, -0.25) is 4.79 Å². The number of amides is 1. The minimum Gasteiger partial charge on any atom is -0.364 e. The zero-order valence-electron chi connectivity index (χ0n) is 17.6. The number of hydrogen-bond acceptors (Lipinski definition) is 6. The lowest BCUT2D eigenvalue weighted by atomic mass is 10.1.